The van der Waals surface area contributed by atoms with Crippen LogP contribution in [0.25, 0.3) is 11.1 Å². The molecule has 0 saturated heterocycles. The van der Waals surface area contributed by atoms with Gasteiger partial charge >= 0.3 is 0 Å². The Labute approximate surface area is 105 Å². The van der Waals surface area contributed by atoms with Gasteiger partial charge in [-0.25, -0.2) is 0 Å². The summed E-state index contributed by atoms with van der Waals surface area (Å²) >= 11 is 0. The van der Waals surface area contributed by atoms with Gasteiger partial charge in [-0.05, 0) is 34.7 Å². The molecule has 0 unspecified atom stereocenters. The molecule has 3 heteroatoms. The number of nitro benzene ring substituents is 1. The van der Waals surface area contributed by atoms with E-state index in [1.54, 1.807) is 12.1 Å². The Morgan fingerprint density at radius 3 is 2.56 bits per heavy atom. The molecule has 90 valence electrons. The summed E-state index contributed by atoms with van der Waals surface area (Å²) in [4.78, 5) is 10.6. The second-order valence-corrected chi connectivity index (χ2v) is 4.58. The van der Waals surface area contributed by atoms with Crippen LogP contribution in [-0.4, -0.2) is 4.92 Å². The third-order valence-electron chi connectivity index (χ3n) is 3.66. The van der Waals surface area contributed by atoms with Crippen LogP contribution in [0.15, 0.2) is 42.5 Å². The van der Waals surface area contributed by atoms with Crippen molar-refractivity contribution in [3.63, 3.8) is 0 Å². The minimum atomic E-state index is -0.323. The molecule has 0 fully saturated rings. The van der Waals surface area contributed by atoms with E-state index in [4.69, 9.17) is 0 Å². The molecule has 0 spiro atoms. The molecule has 0 heterocycles. The van der Waals surface area contributed by atoms with Gasteiger partial charge < -0.3 is 0 Å². The second kappa shape index (κ2) is 3.95. The fourth-order valence-electron chi connectivity index (χ4n) is 2.85. The first-order chi connectivity index (χ1) is 8.72. The maximum atomic E-state index is 10.9. The van der Waals surface area contributed by atoms with Crippen LogP contribution < -0.4 is 0 Å². The number of rotatable bonds is 2. The van der Waals surface area contributed by atoms with E-state index in [0.717, 1.165) is 17.5 Å². The van der Waals surface area contributed by atoms with Crippen molar-refractivity contribution in [1.29, 1.82) is 0 Å². The topological polar surface area (TPSA) is 43.1 Å². The summed E-state index contributed by atoms with van der Waals surface area (Å²) in [5.41, 5.74) is 4.92. The highest BCUT2D eigenvalue weighted by Crippen LogP contribution is 2.47. The minimum Gasteiger partial charge on any atom is -0.258 e. The molecule has 0 bridgehead atoms. The number of nitrogens with zero attached hydrogens (tertiary/aromatic N) is 1. The molecular formula is C15H13NO2. The zero-order valence-electron chi connectivity index (χ0n) is 10.1. The van der Waals surface area contributed by atoms with E-state index in [1.165, 1.54) is 11.1 Å². The van der Waals surface area contributed by atoms with Gasteiger partial charge in [0.25, 0.3) is 5.69 Å². The molecule has 1 atom stereocenters. The van der Waals surface area contributed by atoms with Crippen molar-refractivity contribution in [2.75, 3.05) is 0 Å². The number of benzene rings is 2. The maximum absolute atomic E-state index is 10.9. The van der Waals surface area contributed by atoms with Crippen LogP contribution in [0.1, 0.15) is 30.4 Å². The molecule has 18 heavy (non-hydrogen) atoms. The maximum Gasteiger partial charge on any atom is 0.269 e. The van der Waals surface area contributed by atoms with Crippen molar-refractivity contribution in [1.82, 2.24) is 0 Å². The van der Waals surface area contributed by atoms with Crippen molar-refractivity contribution in [2.45, 2.75) is 19.3 Å². The zero-order chi connectivity index (χ0) is 12.7. The third-order valence-corrected chi connectivity index (χ3v) is 3.66. The lowest BCUT2D eigenvalue weighted by Gasteiger charge is -2.09. The summed E-state index contributed by atoms with van der Waals surface area (Å²) in [6, 6.07) is 13.5. The number of nitro groups is 1. The van der Waals surface area contributed by atoms with Crippen LogP contribution in [0.5, 0.6) is 0 Å². The van der Waals surface area contributed by atoms with E-state index in [1.807, 2.05) is 18.2 Å². The van der Waals surface area contributed by atoms with Gasteiger partial charge in [0.15, 0.2) is 0 Å². The molecule has 0 N–H and O–H groups in total. The molecule has 0 aromatic heterocycles. The molecule has 2 aromatic carbocycles. The highest BCUT2D eigenvalue weighted by molar-refractivity contribution is 5.79. The predicted molar refractivity (Wildman–Crippen MR) is 70.7 cm³/mol. The smallest absolute Gasteiger partial charge is 0.258 e. The Morgan fingerprint density at radius 2 is 1.83 bits per heavy atom. The van der Waals surface area contributed by atoms with Gasteiger partial charge in [0.1, 0.15) is 0 Å². The number of hydrogen-bond acceptors (Lipinski definition) is 2. The quantitative estimate of drug-likeness (QED) is 0.584. The Bertz CT molecular complexity index is 634. The van der Waals surface area contributed by atoms with Gasteiger partial charge in [-0.2, -0.15) is 0 Å². The standard InChI is InChI=1S/C15H13NO2/c1-2-11-12-5-3-4-6-13(12)14-8-7-10(16(17)18)9-15(11)14/h3-9,11H,2H2,1H3/t11-/m0/s1. The van der Waals surface area contributed by atoms with Crippen LogP contribution in [-0.2, 0) is 0 Å². The predicted octanol–water partition coefficient (Wildman–Crippen LogP) is 4.12. The minimum absolute atomic E-state index is 0.181. The lowest BCUT2D eigenvalue weighted by molar-refractivity contribution is -0.384. The fourth-order valence-corrected chi connectivity index (χ4v) is 2.85. The summed E-state index contributed by atoms with van der Waals surface area (Å²) < 4.78 is 0. The summed E-state index contributed by atoms with van der Waals surface area (Å²) in [7, 11) is 0. The monoisotopic (exact) mass is 239 g/mol. The Kier molecular flexibility index (Phi) is 2.40. The van der Waals surface area contributed by atoms with E-state index in [9.17, 15) is 10.1 Å². The number of non-ortho nitro benzene ring substituents is 1. The first kappa shape index (κ1) is 11.0. The van der Waals surface area contributed by atoms with Crippen LogP contribution in [0.4, 0.5) is 5.69 Å². The van der Waals surface area contributed by atoms with E-state index in [2.05, 4.69) is 19.1 Å². The highest BCUT2D eigenvalue weighted by Gasteiger charge is 2.28. The van der Waals surface area contributed by atoms with E-state index < -0.39 is 0 Å². The Morgan fingerprint density at radius 1 is 1.11 bits per heavy atom. The van der Waals surface area contributed by atoms with Gasteiger partial charge in [-0.3, -0.25) is 10.1 Å². The van der Waals surface area contributed by atoms with E-state index in [-0.39, 0.29) is 16.5 Å². The average molecular weight is 239 g/mol. The summed E-state index contributed by atoms with van der Waals surface area (Å²) in [5, 5.41) is 10.9. The Balaban J connectivity index is 2.24. The van der Waals surface area contributed by atoms with Crippen molar-refractivity contribution >= 4 is 5.69 Å². The average Bonchev–Trinajstić information content (AvgIpc) is 2.71. The van der Waals surface area contributed by atoms with Gasteiger partial charge in [0.05, 0.1) is 4.92 Å². The van der Waals surface area contributed by atoms with Gasteiger partial charge in [-0.1, -0.05) is 31.2 Å². The molecule has 2 aromatic rings. The molecule has 0 amide bonds. The SMILES string of the molecule is CC[C@H]1c2ccccc2-c2ccc([N+](=O)[O-])cc21. The first-order valence-corrected chi connectivity index (χ1v) is 6.10. The van der Waals surface area contributed by atoms with Gasteiger partial charge in [-0.15, -0.1) is 0 Å². The molecule has 3 nitrogen and oxygen atoms in total. The summed E-state index contributed by atoms with van der Waals surface area (Å²) in [5.74, 6) is 0.288. The van der Waals surface area contributed by atoms with Crippen molar-refractivity contribution < 1.29 is 4.92 Å². The van der Waals surface area contributed by atoms with Gasteiger partial charge in [0, 0.05) is 18.1 Å². The largest absolute Gasteiger partial charge is 0.269 e. The third kappa shape index (κ3) is 1.44. The van der Waals surface area contributed by atoms with E-state index in [0.29, 0.717) is 0 Å². The van der Waals surface area contributed by atoms with Crippen molar-refractivity contribution in [2.24, 2.45) is 0 Å². The zero-order valence-corrected chi connectivity index (χ0v) is 10.1. The molecule has 3 rings (SSSR count). The second-order valence-electron chi connectivity index (χ2n) is 4.58. The molecular weight excluding hydrogens is 226 g/mol. The van der Waals surface area contributed by atoms with Crippen LogP contribution in [0.2, 0.25) is 0 Å². The number of fused-ring (bicyclic) bond motifs is 3. The van der Waals surface area contributed by atoms with Crippen LogP contribution in [0.3, 0.4) is 0 Å². The van der Waals surface area contributed by atoms with Gasteiger partial charge in [0.2, 0.25) is 0 Å². The highest BCUT2D eigenvalue weighted by atomic mass is 16.6. The first-order valence-electron chi connectivity index (χ1n) is 6.10. The molecule has 0 aliphatic heterocycles. The van der Waals surface area contributed by atoms with Crippen molar-refractivity contribution in [3.8, 4) is 11.1 Å². The summed E-state index contributed by atoms with van der Waals surface area (Å²) in [6.45, 7) is 2.12. The molecule has 1 aliphatic carbocycles. The van der Waals surface area contributed by atoms with Crippen LogP contribution in [0, 0.1) is 10.1 Å². The van der Waals surface area contributed by atoms with Crippen LogP contribution >= 0.6 is 0 Å². The molecule has 1 aliphatic rings. The molecule has 0 radical (unpaired) electrons. The lowest BCUT2D eigenvalue weighted by Crippen LogP contribution is -1.95. The summed E-state index contributed by atoms with van der Waals surface area (Å²) in [6.07, 6.45) is 0.963. The Hall–Kier alpha value is -2.16. The number of hydrogen-bond donors (Lipinski definition) is 0. The van der Waals surface area contributed by atoms with E-state index >= 15 is 0 Å². The normalized spacial score (nSPS) is 16.2. The van der Waals surface area contributed by atoms with Crippen molar-refractivity contribution in [3.05, 3.63) is 63.7 Å². The molecule has 0 saturated carbocycles. The fraction of sp³-hybridized carbons (Fsp3) is 0.200. The lowest BCUT2D eigenvalue weighted by atomic mass is 9.94.